The molecule has 0 unspecified atom stereocenters. The van der Waals surface area contributed by atoms with Crippen LogP contribution in [0.25, 0.3) is 0 Å². The molecule has 0 aliphatic carbocycles. The van der Waals surface area contributed by atoms with E-state index in [0.717, 1.165) is 0 Å². The molecule has 1 fully saturated rings. The SMILES string of the molecule is C[C@@H]1CN(S(=O)(=O)CCNC(=O)CCNc2ncccn2)C[C@@H](C)O1. The van der Waals surface area contributed by atoms with Gasteiger partial charge in [-0.15, -0.1) is 0 Å². The Morgan fingerprint density at radius 3 is 2.52 bits per heavy atom. The van der Waals surface area contributed by atoms with Crippen molar-refractivity contribution in [3.8, 4) is 0 Å². The molecule has 10 heteroatoms. The number of rotatable bonds is 8. The summed E-state index contributed by atoms with van der Waals surface area (Å²) in [7, 11) is -3.41. The Bertz CT molecular complexity index is 645. The molecule has 0 saturated carbocycles. The van der Waals surface area contributed by atoms with Gasteiger partial charge in [-0.1, -0.05) is 0 Å². The van der Waals surface area contributed by atoms with Crippen LogP contribution in [0.3, 0.4) is 0 Å². The van der Waals surface area contributed by atoms with Gasteiger partial charge in [-0.05, 0) is 19.9 Å². The third kappa shape index (κ3) is 6.56. The monoisotopic (exact) mass is 371 g/mol. The van der Waals surface area contributed by atoms with Gasteiger partial charge in [0.15, 0.2) is 0 Å². The van der Waals surface area contributed by atoms with Gasteiger partial charge in [0.1, 0.15) is 0 Å². The lowest BCUT2D eigenvalue weighted by atomic mass is 10.3. The highest BCUT2D eigenvalue weighted by Crippen LogP contribution is 2.14. The summed E-state index contributed by atoms with van der Waals surface area (Å²) in [6.07, 6.45) is 3.17. The van der Waals surface area contributed by atoms with Crippen molar-refractivity contribution in [1.29, 1.82) is 0 Å². The van der Waals surface area contributed by atoms with Crippen LogP contribution in [0.4, 0.5) is 5.95 Å². The molecule has 1 amide bonds. The van der Waals surface area contributed by atoms with Crippen LogP contribution in [0.2, 0.25) is 0 Å². The van der Waals surface area contributed by atoms with E-state index in [-0.39, 0.29) is 36.8 Å². The summed E-state index contributed by atoms with van der Waals surface area (Å²) in [6.45, 7) is 4.86. The van der Waals surface area contributed by atoms with E-state index in [0.29, 0.717) is 25.6 Å². The molecule has 0 aromatic carbocycles. The number of carbonyl (C=O) groups excluding carboxylic acids is 1. The van der Waals surface area contributed by atoms with E-state index in [1.807, 2.05) is 13.8 Å². The van der Waals surface area contributed by atoms with Crippen molar-refractivity contribution >= 4 is 21.9 Å². The van der Waals surface area contributed by atoms with Crippen LogP contribution < -0.4 is 10.6 Å². The number of hydrogen-bond donors (Lipinski definition) is 2. The van der Waals surface area contributed by atoms with E-state index in [4.69, 9.17) is 4.74 Å². The molecule has 25 heavy (non-hydrogen) atoms. The van der Waals surface area contributed by atoms with E-state index < -0.39 is 10.0 Å². The van der Waals surface area contributed by atoms with Crippen molar-refractivity contribution in [1.82, 2.24) is 19.6 Å². The Balaban J connectivity index is 1.67. The number of ether oxygens (including phenoxy) is 1. The van der Waals surface area contributed by atoms with Crippen LogP contribution >= 0.6 is 0 Å². The highest BCUT2D eigenvalue weighted by Gasteiger charge is 2.30. The van der Waals surface area contributed by atoms with E-state index >= 15 is 0 Å². The lowest BCUT2D eigenvalue weighted by Crippen LogP contribution is -2.49. The lowest BCUT2D eigenvalue weighted by Gasteiger charge is -2.34. The summed E-state index contributed by atoms with van der Waals surface area (Å²) < 4.78 is 31.7. The molecule has 1 aliphatic heterocycles. The molecular formula is C15H25N5O4S. The van der Waals surface area contributed by atoms with Crippen LogP contribution in [0, 0.1) is 0 Å². The zero-order chi connectivity index (χ0) is 18.3. The summed E-state index contributed by atoms with van der Waals surface area (Å²) in [5.41, 5.74) is 0. The average Bonchev–Trinajstić information content (AvgIpc) is 2.55. The number of carbonyl (C=O) groups is 1. The fourth-order valence-corrected chi connectivity index (χ4v) is 4.07. The first-order valence-corrected chi connectivity index (χ1v) is 9.88. The number of morpholine rings is 1. The van der Waals surface area contributed by atoms with Crippen molar-refractivity contribution in [3.63, 3.8) is 0 Å². The van der Waals surface area contributed by atoms with E-state index in [2.05, 4.69) is 20.6 Å². The molecule has 1 saturated heterocycles. The van der Waals surface area contributed by atoms with Gasteiger partial charge in [0.25, 0.3) is 0 Å². The van der Waals surface area contributed by atoms with Crippen LogP contribution in [-0.2, 0) is 19.6 Å². The summed E-state index contributed by atoms with van der Waals surface area (Å²) >= 11 is 0. The number of nitrogens with one attached hydrogen (secondary N) is 2. The molecule has 0 spiro atoms. The predicted octanol–water partition coefficient (Wildman–Crippen LogP) is -0.166. The number of sulfonamides is 1. The number of aromatic nitrogens is 2. The van der Waals surface area contributed by atoms with Gasteiger partial charge in [0.2, 0.25) is 21.9 Å². The molecule has 0 radical (unpaired) electrons. The molecular weight excluding hydrogens is 346 g/mol. The summed E-state index contributed by atoms with van der Waals surface area (Å²) in [5, 5.41) is 5.55. The molecule has 1 aromatic heterocycles. The van der Waals surface area contributed by atoms with Crippen molar-refractivity contribution in [2.45, 2.75) is 32.5 Å². The van der Waals surface area contributed by atoms with Gasteiger partial charge < -0.3 is 15.4 Å². The summed E-state index contributed by atoms with van der Waals surface area (Å²) in [4.78, 5) is 19.7. The van der Waals surface area contributed by atoms with E-state index in [1.54, 1.807) is 18.5 Å². The molecule has 0 bridgehead atoms. The third-order valence-electron chi connectivity index (χ3n) is 3.66. The average molecular weight is 371 g/mol. The molecule has 9 nitrogen and oxygen atoms in total. The predicted molar refractivity (Wildman–Crippen MR) is 93.5 cm³/mol. The summed E-state index contributed by atoms with van der Waals surface area (Å²) in [5.74, 6) is 0.115. The van der Waals surface area contributed by atoms with Gasteiger partial charge in [0.05, 0.1) is 18.0 Å². The maximum Gasteiger partial charge on any atom is 0.222 e. The number of hydrogen-bond acceptors (Lipinski definition) is 7. The second kappa shape index (κ2) is 9.07. The maximum absolute atomic E-state index is 12.3. The van der Waals surface area contributed by atoms with Crippen LogP contribution in [0.15, 0.2) is 18.5 Å². The fraction of sp³-hybridized carbons (Fsp3) is 0.667. The molecule has 1 aromatic rings. The number of nitrogens with zero attached hydrogens (tertiary/aromatic N) is 3. The third-order valence-corrected chi connectivity index (χ3v) is 5.47. The van der Waals surface area contributed by atoms with Gasteiger partial charge in [-0.2, -0.15) is 4.31 Å². The van der Waals surface area contributed by atoms with Crippen LogP contribution in [0.5, 0.6) is 0 Å². The molecule has 1 aliphatic rings. The minimum Gasteiger partial charge on any atom is -0.373 e. The molecule has 2 atom stereocenters. The zero-order valence-corrected chi connectivity index (χ0v) is 15.3. The minimum atomic E-state index is -3.41. The Morgan fingerprint density at radius 2 is 1.88 bits per heavy atom. The topological polar surface area (TPSA) is 114 Å². The van der Waals surface area contributed by atoms with Crippen molar-refractivity contribution in [2.24, 2.45) is 0 Å². The Morgan fingerprint density at radius 1 is 1.24 bits per heavy atom. The van der Waals surface area contributed by atoms with Crippen molar-refractivity contribution < 1.29 is 17.9 Å². The summed E-state index contributed by atoms with van der Waals surface area (Å²) in [6, 6.07) is 1.70. The standard InChI is InChI=1S/C15H25N5O4S/c1-12-10-20(11-13(2)24-12)25(22,23)9-8-16-14(21)4-7-19-15-17-5-3-6-18-15/h3,5-6,12-13H,4,7-11H2,1-2H3,(H,16,21)(H,17,18,19)/t12-,13-/m1/s1. The Labute approximate surface area is 148 Å². The lowest BCUT2D eigenvalue weighted by molar-refractivity contribution is -0.120. The first kappa shape index (κ1) is 19.5. The smallest absolute Gasteiger partial charge is 0.222 e. The van der Waals surface area contributed by atoms with Crippen LogP contribution in [0.1, 0.15) is 20.3 Å². The van der Waals surface area contributed by atoms with Crippen molar-refractivity contribution in [3.05, 3.63) is 18.5 Å². The first-order valence-electron chi connectivity index (χ1n) is 8.27. The molecule has 2 rings (SSSR count). The van der Waals surface area contributed by atoms with Gasteiger partial charge in [0, 0.05) is 45.0 Å². The minimum absolute atomic E-state index is 0.0864. The second-order valence-corrected chi connectivity index (χ2v) is 8.08. The van der Waals surface area contributed by atoms with Gasteiger partial charge in [-0.3, -0.25) is 4.79 Å². The Kier molecular flexibility index (Phi) is 7.09. The van der Waals surface area contributed by atoms with E-state index in [9.17, 15) is 13.2 Å². The van der Waals surface area contributed by atoms with Gasteiger partial charge >= 0.3 is 0 Å². The quantitative estimate of drug-likeness (QED) is 0.652. The van der Waals surface area contributed by atoms with Gasteiger partial charge in [-0.25, -0.2) is 18.4 Å². The molecule has 2 N–H and O–H groups in total. The number of amides is 1. The fourth-order valence-electron chi connectivity index (χ4n) is 2.57. The Hall–Kier alpha value is -1.78. The molecule has 140 valence electrons. The van der Waals surface area contributed by atoms with E-state index in [1.165, 1.54) is 4.31 Å². The van der Waals surface area contributed by atoms with Crippen molar-refractivity contribution in [2.75, 3.05) is 37.2 Å². The largest absolute Gasteiger partial charge is 0.373 e. The normalized spacial score (nSPS) is 21.7. The highest BCUT2D eigenvalue weighted by molar-refractivity contribution is 7.89. The highest BCUT2D eigenvalue weighted by atomic mass is 32.2. The zero-order valence-electron chi connectivity index (χ0n) is 14.5. The first-order chi connectivity index (χ1) is 11.9. The maximum atomic E-state index is 12.3. The number of anilines is 1. The second-order valence-electron chi connectivity index (χ2n) is 5.99. The molecule has 2 heterocycles. The van der Waals surface area contributed by atoms with Crippen LogP contribution in [-0.4, -0.2) is 72.7 Å².